The van der Waals surface area contributed by atoms with Gasteiger partial charge in [0.1, 0.15) is 0 Å². The molecule has 0 aliphatic rings. The molecule has 1 atom stereocenters. The lowest BCUT2D eigenvalue weighted by atomic mass is 10.0. The van der Waals surface area contributed by atoms with E-state index in [9.17, 15) is 5.11 Å². The second-order valence-corrected chi connectivity index (χ2v) is 4.10. The lowest BCUT2D eigenvalue weighted by Crippen LogP contribution is -2.18. The number of nitrogens with two attached hydrogens (primary N) is 1. The molecule has 0 spiro atoms. The molecule has 0 heterocycles. The smallest absolute Gasteiger partial charge is 0.179 e. The molecule has 1 aromatic carbocycles. The maximum Gasteiger partial charge on any atom is 0.179 e. The molecule has 0 aromatic heterocycles. The van der Waals surface area contributed by atoms with Gasteiger partial charge in [-0.05, 0) is 37.5 Å². The predicted molar refractivity (Wildman–Crippen MR) is 61.8 cm³/mol. The summed E-state index contributed by atoms with van der Waals surface area (Å²) in [7, 11) is 1.48. The number of hydrogen-bond donors (Lipinski definition) is 2. The molecular formula is C11H16ClNO2. The van der Waals surface area contributed by atoms with Crippen LogP contribution in [-0.2, 0) is 6.42 Å². The summed E-state index contributed by atoms with van der Waals surface area (Å²) >= 11 is 6.12. The summed E-state index contributed by atoms with van der Waals surface area (Å²) in [4.78, 5) is 0. The molecule has 1 unspecified atom stereocenters. The molecule has 0 fully saturated rings. The van der Waals surface area contributed by atoms with Gasteiger partial charge in [-0.2, -0.15) is 0 Å². The van der Waals surface area contributed by atoms with E-state index in [1.54, 1.807) is 6.07 Å². The van der Waals surface area contributed by atoms with Gasteiger partial charge in [0.05, 0.1) is 12.1 Å². The number of benzene rings is 1. The van der Waals surface area contributed by atoms with Gasteiger partial charge in [-0.25, -0.2) is 0 Å². The molecule has 3 nitrogen and oxygen atoms in total. The van der Waals surface area contributed by atoms with Gasteiger partial charge in [-0.1, -0.05) is 11.6 Å². The predicted octanol–water partition coefficient (Wildman–Crippen LogP) is 2.25. The van der Waals surface area contributed by atoms with Crippen molar-refractivity contribution in [1.82, 2.24) is 0 Å². The van der Waals surface area contributed by atoms with Crippen LogP contribution in [0.15, 0.2) is 6.07 Å². The first kappa shape index (κ1) is 12.1. The van der Waals surface area contributed by atoms with Gasteiger partial charge in [0.25, 0.3) is 0 Å². The van der Waals surface area contributed by atoms with E-state index in [0.717, 1.165) is 11.1 Å². The maximum atomic E-state index is 9.59. The van der Waals surface area contributed by atoms with Crippen molar-refractivity contribution >= 4 is 11.6 Å². The Kier molecular flexibility index (Phi) is 3.83. The van der Waals surface area contributed by atoms with E-state index in [1.807, 2.05) is 13.8 Å². The molecule has 0 radical (unpaired) electrons. The van der Waals surface area contributed by atoms with Crippen LogP contribution in [0.2, 0.25) is 5.02 Å². The SMILES string of the molecule is COc1c(O)cc(C)c(CC(C)N)c1Cl. The molecule has 0 saturated carbocycles. The van der Waals surface area contributed by atoms with Crippen molar-refractivity contribution < 1.29 is 9.84 Å². The Morgan fingerprint density at radius 1 is 1.60 bits per heavy atom. The number of ether oxygens (including phenoxy) is 1. The third-order valence-electron chi connectivity index (χ3n) is 2.26. The molecule has 0 amide bonds. The Bertz CT molecular complexity index is 364. The number of aryl methyl sites for hydroxylation is 1. The second-order valence-electron chi connectivity index (χ2n) is 3.72. The molecule has 0 saturated heterocycles. The van der Waals surface area contributed by atoms with Gasteiger partial charge in [0.15, 0.2) is 11.5 Å². The summed E-state index contributed by atoms with van der Waals surface area (Å²) in [5.41, 5.74) is 7.59. The third kappa shape index (κ3) is 2.55. The molecule has 3 N–H and O–H groups in total. The van der Waals surface area contributed by atoms with Crippen molar-refractivity contribution in [2.24, 2.45) is 5.73 Å². The molecule has 15 heavy (non-hydrogen) atoms. The number of phenols is 1. The first-order chi connectivity index (χ1) is 6.97. The zero-order valence-electron chi connectivity index (χ0n) is 9.17. The number of aromatic hydroxyl groups is 1. The Morgan fingerprint density at radius 3 is 2.67 bits per heavy atom. The molecule has 0 aliphatic heterocycles. The molecule has 0 bridgehead atoms. The van der Waals surface area contributed by atoms with E-state index >= 15 is 0 Å². The summed E-state index contributed by atoms with van der Waals surface area (Å²) in [6.07, 6.45) is 0.668. The highest BCUT2D eigenvalue weighted by Gasteiger charge is 2.15. The van der Waals surface area contributed by atoms with Crippen LogP contribution in [0, 0.1) is 6.92 Å². The standard InChI is InChI=1S/C11H16ClNO2/c1-6-4-9(14)11(15-3)10(12)8(6)5-7(2)13/h4,7,14H,5,13H2,1-3H3. The number of halogens is 1. The molecular weight excluding hydrogens is 214 g/mol. The Balaban J connectivity index is 3.26. The Labute approximate surface area is 94.8 Å². The fraction of sp³-hybridized carbons (Fsp3) is 0.455. The van der Waals surface area contributed by atoms with Crippen LogP contribution in [-0.4, -0.2) is 18.3 Å². The molecule has 1 aromatic rings. The van der Waals surface area contributed by atoms with Crippen molar-refractivity contribution in [2.75, 3.05) is 7.11 Å². The van der Waals surface area contributed by atoms with E-state index in [4.69, 9.17) is 22.1 Å². The van der Waals surface area contributed by atoms with E-state index in [0.29, 0.717) is 17.2 Å². The van der Waals surface area contributed by atoms with Crippen LogP contribution >= 0.6 is 11.6 Å². The number of phenolic OH excluding ortho intramolecular Hbond substituents is 1. The Morgan fingerprint density at radius 2 is 2.20 bits per heavy atom. The van der Waals surface area contributed by atoms with Crippen molar-refractivity contribution in [2.45, 2.75) is 26.3 Å². The lowest BCUT2D eigenvalue weighted by molar-refractivity contribution is 0.372. The summed E-state index contributed by atoms with van der Waals surface area (Å²) in [5.74, 6) is 0.381. The third-order valence-corrected chi connectivity index (χ3v) is 2.66. The minimum Gasteiger partial charge on any atom is -0.504 e. The fourth-order valence-electron chi connectivity index (χ4n) is 1.55. The van der Waals surface area contributed by atoms with Gasteiger partial charge in [-0.3, -0.25) is 0 Å². The van der Waals surface area contributed by atoms with Crippen molar-refractivity contribution in [3.05, 3.63) is 22.2 Å². The zero-order valence-corrected chi connectivity index (χ0v) is 9.93. The van der Waals surface area contributed by atoms with Gasteiger partial charge in [-0.15, -0.1) is 0 Å². The first-order valence-corrected chi connectivity index (χ1v) is 5.15. The van der Waals surface area contributed by atoms with Crippen molar-refractivity contribution in [3.63, 3.8) is 0 Å². The Hall–Kier alpha value is -0.930. The summed E-state index contributed by atoms with van der Waals surface area (Å²) in [5, 5.41) is 10.0. The van der Waals surface area contributed by atoms with Gasteiger partial charge >= 0.3 is 0 Å². The quantitative estimate of drug-likeness (QED) is 0.836. The lowest BCUT2D eigenvalue weighted by Gasteiger charge is -2.15. The van der Waals surface area contributed by atoms with Crippen LogP contribution in [0.5, 0.6) is 11.5 Å². The van der Waals surface area contributed by atoms with E-state index in [-0.39, 0.29) is 11.8 Å². The number of methoxy groups -OCH3 is 1. The van der Waals surface area contributed by atoms with Gasteiger partial charge in [0, 0.05) is 6.04 Å². The highest BCUT2D eigenvalue weighted by molar-refractivity contribution is 6.33. The minimum atomic E-state index is 0.0236. The molecule has 84 valence electrons. The van der Waals surface area contributed by atoms with Crippen LogP contribution in [0.4, 0.5) is 0 Å². The fourth-order valence-corrected chi connectivity index (χ4v) is 1.95. The van der Waals surface area contributed by atoms with E-state index in [1.165, 1.54) is 7.11 Å². The zero-order chi connectivity index (χ0) is 11.6. The summed E-state index contributed by atoms with van der Waals surface area (Å²) in [6.45, 7) is 3.80. The highest BCUT2D eigenvalue weighted by atomic mass is 35.5. The highest BCUT2D eigenvalue weighted by Crippen LogP contribution is 2.38. The number of rotatable bonds is 3. The van der Waals surface area contributed by atoms with Crippen molar-refractivity contribution in [3.8, 4) is 11.5 Å². The van der Waals surface area contributed by atoms with Gasteiger partial charge in [0.2, 0.25) is 0 Å². The molecule has 1 rings (SSSR count). The molecule has 4 heteroatoms. The van der Waals surface area contributed by atoms with E-state index in [2.05, 4.69) is 0 Å². The normalized spacial score (nSPS) is 12.6. The monoisotopic (exact) mass is 229 g/mol. The average molecular weight is 230 g/mol. The van der Waals surface area contributed by atoms with Crippen LogP contribution < -0.4 is 10.5 Å². The summed E-state index contributed by atoms with van der Waals surface area (Å²) < 4.78 is 5.03. The number of hydrogen-bond acceptors (Lipinski definition) is 3. The van der Waals surface area contributed by atoms with Crippen LogP contribution in [0.3, 0.4) is 0 Å². The van der Waals surface area contributed by atoms with Crippen LogP contribution in [0.25, 0.3) is 0 Å². The van der Waals surface area contributed by atoms with E-state index < -0.39 is 0 Å². The largest absolute Gasteiger partial charge is 0.504 e. The topological polar surface area (TPSA) is 55.5 Å². The van der Waals surface area contributed by atoms with Crippen molar-refractivity contribution in [1.29, 1.82) is 0 Å². The summed E-state index contributed by atoms with van der Waals surface area (Å²) in [6, 6.07) is 1.66. The maximum absolute atomic E-state index is 9.59. The average Bonchev–Trinajstić information content (AvgIpc) is 2.12. The second kappa shape index (κ2) is 4.73. The minimum absolute atomic E-state index is 0.0236. The molecule has 0 aliphatic carbocycles. The van der Waals surface area contributed by atoms with Gasteiger partial charge < -0.3 is 15.6 Å². The first-order valence-electron chi connectivity index (χ1n) is 4.77. The van der Waals surface area contributed by atoms with Crippen LogP contribution in [0.1, 0.15) is 18.1 Å².